The van der Waals surface area contributed by atoms with Gasteiger partial charge in [-0.05, 0) is 31.9 Å². The molecule has 1 fully saturated rings. The molecule has 3 rings (SSSR count). The minimum absolute atomic E-state index is 0.350. The highest BCUT2D eigenvalue weighted by atomic mass is 32.1. The molecule has 19 heavy (non-hydrogen) atoms. The quantitative estimate of drug-likeness (QED) is 0.843. The average molecular weight is 274 g/mol. The molecule has 1 atom stereocenters. The van der Waals surface area contributed by atoms with Crippen LogP contribution in [0.5, 0.6) is 0 Å². The van der Waals surface area contributed by atoms with Crippen LogP contribution < -0.4 is 4.80 Å². The van der Waals surface area contributed by atoms with Gasteiger partial charge in [0, 0.05) is 17.7 Å². The molecule has 0 aliphatic carbocycles. The monoisotopic (exact) mass is 274 g/mol. The van der Waals surface area contributed by atoms with Crippen LogP contribution in [0.3, 0.4) is 0 Å². The molecule has 0 amide bonds. The SMILES string of the molecule is Cc1csc(=Nc2ccccc2)n1C[C@@H]1CCCO1. The lowest BCUT2D eigenvalue weighted by atomic mass is 10.2. The summed E-state index contributed by atoms with van der Waals surface area (Å²) in [5.41, 5.74) is 2.26. The van der Waals surface area contributed by atoms with Crippen molar-refractivity contribution < 1.29 is 4.74 Å². The maximum absolute atomic E-state index is 5.73. The van der Waals surface area contributed by atoms with Gasteiger partial charge in [0.05, 0.1) is 18.3 Å². The number of aromatic nitrogens is 1. The average Bonchev–Trinajstić information content (AvgIpc) is 3.05. The van der Waals surface area contributed by atoms with Crippen LogP contribution in [0.25, 0.3) is 0 Å². The Bertz CT molecular complexity index is 594. The third-order valence-corrected chi connectivity index (χ3v) is 4.36. The number of rotatable bonds is 3. The summed E-state index contributed by atoms with van der Waals surface area (Å²) in [6, 6.07) is 10.1. The van der Waals surface area contributed by atoms with E-state index < -0.39 is 0 Å². The van der Waals surface area contributed by atoms with Crippen LogP contribution in [-0.2, 0) is 11.3 Å². The topological polar surface area (TPSA) is 26.5 Å². The minimum Gasteiger partial charge on any atom is -0.376 e. The van der Waals surface area contributed by atoms with Gasteiger partial charge in [-0.25, -0.2) is 4.99 Å². The smallest absolute Gasteiger partial charge is 0.190 e. The highest BCUT2D eigenvalue weighted by molar-refractivity contribution is 7.07. The second kappa shape index (κ2) is 5.72. The van der Waals surface area contributed by atoms with Gasteiger partial charge in [-0.2, -0.15) is 0 Å². The summed E-state index contributed by atoms with van der Waals surface area (Å²) in [7, 11) is 0. The number of para-hydroxylation sites is 1. The van der Waals surface area contributed by atoms with Crippen LogP contribution in [0, 0.1) is 6.92 Å². The summed E-state index contributed by atoms with van der Waals surface area (Å²) in [6.45, 7) is 3.95. The van der Waals surface area contributed by atoms with Crippen molar-refractivity contribution in [2.75, 3.05) is 6.61 Å². The number of aryl methyl sites for hydroxylation is 1. The van der Waals surface area contributed by atoms with Crippen LogP contribution in [-0.4, -0.2) is 17.3 Å². The normalized spacial score (nSPS) is 20.1. The van der Waals surface area contributed by atoms with E-state index in [1.165, 1.54) is 12.1 Å². The zero-order valence-corrected chi connectivity index (χ0v) is 11.9. The summed E-state index contributed by atoms with van der Waals surface area (Å²) in [5.74, 6) is 0. The van der Waals surface area contributed by atoms with Gasteiger partial charge in [0.2, 0.25) is 0 Å². The van der Waals surface area contributed by atoms with E-state index in [1.807, 2.05) is 30.3 Å². The Labute approximate surface area is 117 Å². The summed E-state index contributed by atoms with van der Waals surface area (Å²) in [5, 5.41) is 2.16. The molecule has 4 heteroatoms. The van der Waals surface area contributed by atoms with Crippen molar-refractivity contribution >= 4 is 17.0 Å². The van der Waals surface area contributed by atoms with Crippen molar-refractivity contribution in [3.8, 4) is 0 Å². The lowest BCUT2D eigenvalue weighted by Gasteiger charge is -2.12. The second-order valence-corrected chi connectivity index (χ2v) is 5.69. The first-order valence-electron chi connectivity index (χ1n) is 6.69. The number of thiazole rings is 1. The molecule has 1 aromatic heterocycles. The zero-order chi connectivity index (χ0) is 13.1. The van der Waals surface area contributed by atoms with E-state index >= 15 is 0 Å². The van der Waals surface area contributed by atoms with Crippen molar-refractivity contribution in [3.05, 3.63) is 46.2 Å². The number of hydrogen-bond donors (Lipinski definition) is 0. The maximum atomic E-state index is 5.73. The molecule has 1 aromatic carbocycles. The van der Waals surface area contributed by atoms with Gasteiger partial charge in [-0.15, -0.1) is 11.3 Å². The van der Waals surface area contributed by atoms with E-state index in [9.17, 15) is 0 Å². The third kappa shape index (κ3) is 2.96. The summed E-state index contributed by atoms with van der Waals surface area (Å²) in [6.07, 6.45) is 2.69. The highest BCUT2D eigenvalue weighted by Gasteiger charge is 2.17. The molecule has 100 valence electrons. The van der Waals surface area contributed by atoms with Crippen molar-refractivity contribution in [1.29, 1.82) is 0 Å². The van der Waals surface area contributed by atoms with Crippen LogP contribution in [0.4, 0.5) is 5.69 Å². The Hall–Kier alpha value is -1.39. The molecule has 3 nitrogen and oxygen atoms in total. The largest absolute Gasteiger partial charge is 0.376 e. The van der Waals surface area contributed by atoms with Crippen molar-refractivity contribution in [1.82, 2.24) is 4.57 Å². The summed E-state index contributed by atoms with van der Waals surface area (Å²) < 4.78 is 8.00. The molecular weight excluding hydrogens is 256 g/mol. The Morgan fingerprint density at radius 2 is 2.21 bits per heavy atom. The number of nitrogens with zero attached hydrogens (tertiary/aromatic N) is 2. The van der Waals surface area contributed by atoms with Crippen molar-refractivity contribution in [2.45, 2.75) is 32.4 Å². The number of hydrogen-bond acceptors (Lipinski definition) is 3. The van der Waals surface area contributed by atoms with E-state index in [2.05, 4.69) is 16.9 Å². The Kier molecular flexibility index (Phi) is 3.80. The van der Waals surface area contributed by atoms with E-state index in [1.54, 1.807) is 11.3 Å². The van der Waals surface area contributed by atoms with E-state index in [0.717, 1.165) is 30.1 Å². The minimum atomic E-state index is 0.350. The highest BCUT2D eigenvalue weighted by Crippen LogP contribution is 2.15. The Morgan fingerprint density at radius 3 is 2.95 bits per heavy atom. The van der Waals surface area contributed by atoms with Gasteiger partial charge in [-0.3, -0.25) is 0 Å². The molecule has 0 N–H and O–H groups in total. The summed E-state index contributed by atoms with van der Waals surface area (Å²) >= 11 is 1.70. The molecule has 2 aromatic rings. The first-order chi connectivity index (χ1) is 9.33. The van der Waals surface area contributed by atoms with E-state index in [4.69, 9.17) is 9.73 Å². The van der Waals surface area contributed by atoms with Crippen LogP contribution >= 0.6 is 11.3 Å². The molecule has 0 spiro atoms. The number of ether oxygens (including phenoxy) is 1. The molecule has 2 heterocycles. The van der Waals surface area contributed by atoms with Gasteiger partial charge >= 0.3 is 0 Å². The van der Waals surface area contributed by atoms with Gasteiger partial charge in [-0.1, -0.05) is 18.2 Å². The fraction of sp³-hybridized carbons (Fsp3) is 0.400. The summed E-state index contributed by atoms with van der Waals surface area (Å²) in [4.78, 5) is 5.78. The third-order valence-electron chi connectivity index (χ3n) is 3.38. The lowest BCUT2D eigenvalue weighted by molar-refractivity contribution is 0.0959. The molecule has 0 unspecified atom stereocenters. The van der Waals surface area contributed by atoms with E-state index in [-0.39, 0.29) is 0 Å². The molecule has 1 aliphatic heterocycles. The van der Waals surface area contributed by atoms with Crippen molar-refractivity contribution in [2.24, 2.45) is 4.99 Å². The van der Waals surface area contributed by atoms with Gasteiger partial charge in [0.15, 0.2) is 4.80 Å². The van der Waals surface area contributed by atoms with Gasteiger partial charge in [0.25, 0.3) is 0 Å². The fourth-order valence-electron chi connectivity index (χ4n) is 2.33. The standard InChI is InChI=1S/C15H18N2OS/c1-12-11-19-15(16-13-6-3-2-4-7-13)17(12)10-14-8-5-9-18-14/h2-4,6-7,11,14H,5,8-10H2,1H3/t14-/m0/s1. The van der Waals surface area contributed by atoms with E-state index in [0.29, 0.717) is 6.10 Å². The van der Waals surface area contributed by atoms with Gasteiger partial charge in [0.1, 0.15) is 0 Å². The van der Waals surface area contributed by atoms with Gasteiger partial charge < -0.3 is 9.30 Å². The molecule has 0 radical (unpaired) electrons. The van der Waals surface area contributed by atoms with Crippen molar-refractivity contribution in [3.63, 3.8) is 0 Å². The maximum Gasteiger partial charge on any atom is 0.190 e. The zero-order valence-electron chi connectivity index (χ0n) is 11.1. The van der Waals surface area contributed by atoms with Crippen LogP contribution in [0.15, 0.2) is 40.7 Å². The van der Waals surface area contributed by atoms with Crippen LogP contribution in [0.2, 0.25) is 0 Å². The predicted octanol–water partition coefficient (Wildman–Crippen LogP) is 3.27. The Morgan fingerprint density at radius 1 is 1.37 bits per heavy atom. The first kappa shape index (κ1) is 12.6. The molecule has 0 saturated carbocycles. The Balaban J connectivity index is 1.91. The molecular formula is C15H18N2OS. The fourth-order valence-corrected chi connectivity index (χ4v) is 3.24. The van der Waals surface area contributed by atoms with Crippen LogP contribution in [0.1, 0.15) is 18.5 Å². The first-order valence-corrected chi connectivity index (χ1v) is 7.57. The molecule has 0 bridgehead atoms. The molecule has 1 aliphatic rings. The molecule has 1 saturated heterocycles. The number of benzene rings is 1. The predicted molar refractivity (Wildman–Crippen MR) is 77.7 cm³/mol. The lowest BCUT2D eigenvalue weighted by Crippen LogP contribution is -2.24. The second-order valence-electron chi connectivity index (χ2n) is 4.85.